The van der Waals surface area contributed by atoms with Crippen molar-refractivity contribution in [3.05, 3.63) is 47.3 Å². The van der Waals surface area contributed by atoms with Crippen LogP contribution in [0.25, 0.3) is 5.69 Å². The monoisotopic (exact) mass is 313 g/mol. The molecule has 0 bridgehead atoms. The molecule has 0 aliphatic heterocycles. The zero-order valence-corrected chi connectivity index (χ0v) is 13.9. The molecule has 1 aliphatic rings. The maximum Gasteiger partial charge on any atom is 0.257 e. The molecule has 5 nitrogen and oxygen atoms in total. The zero-order valence-electron chi connectivity index (χ0n) is 13.9. The predicted molar refractivity (Wildman–Crippen MR) is 88.7 cm³/mol. The third-order valence-corrected chi connectivity index (χ3v) is 4.56. The number of nitrogens with zero attached hydrogens (tertiary/aromatic N) is 3. The molecule has 0 radical (unpaired) electrons. The average molecular weight is 313 g/mol. The summed E-state index contributed by atoms with van der Waals surface area (Å²) in [5.74, 6) is 0.267. The number of aryl methyl sites for hydroxylation is 1. The van der Waals surface area contributed by atoms with Crippen molar-refractivity contribution in [2.45, 2.75) is 32.8 Å². The average Bonchev–Trinajstić information content (AvgIpc) is 3.31. The lowest BCUT2D eigenvalue weighted by molar-refractivity contribution is 0.0644. The lowest BCUT2D eigenvalue weighted by Crippen LogP contribution is -2.35. The molecule has 5 heteroatoms. The van der Waals surface area contributed by atoms with E-state index in [1.54, 1.807) is 22.8 Å². The number of aliphatic hydroxyl groups excluding tert-OH is 1. The van der Waals surface area contributed by atoms with Gasteiger partial charge in [0.15, 0.2) is 0 Å². The fourth-order valence-electron chi connectivity index (χ4n) is 2.86. The summed E-state index contributed by atoms with van der Waals surface area (Å²) in [5.41, 5.74) is 3.48. The minimum Gasteiger partial charge on any atom is -0.391 e. The molecule has 1 aromatic heterocycles. The molecule has 1 aliphatic carbocycles. The summed E-state index contributed by atoms with van der Waals surface area (Å²) in [6.07, 6.45) is 3.32. The summed E-state index contributed by atoms with van der Waals surface area (Å²) in [7, 11) is 1.73. The molecule has 2 aromatic rings. The fourth-order valence-corrected chi connectivity index (χ4v) is 2.86. The molecule has 3 rings (SSSR count). The van der Waals surface area contributed by atoms with Crippen molar-refractivity contribution in [3.8, 4) is 5.69 Å². The van der Waals surface area contributed by atoms with Crippen molar-refractivity contribution < 1.29 is 9.90 Å². The van der Waals surface area contributed by atoms with Gasteiger partial charge in [0, 0.05) is 13.6 Å². The van der Waals surface area contributed by atoms with Crippen LogP contribution in [0.3, 0.4) is 0 Å². The number of hydrogen-bond acceptors (Lipinski definition) is 3. The first kappa shape index (κ1) is 15.7. The third-order valence-electron chi connectivity index (χ3n) is 4.56. The molecule has 1 fully saturated rings. The Morgan fingerprint density at radius 3 is 2.74 bits per heavy atom. The smallest absolute Gasteiger partial charge is 0.257 e. The van der Waals surface area contributed by atoms with Gasteiger partial charge in [-0.2, -0.15) is 5.10 Å². The van der Waals surface area contributed by atoms with Crippen LogP contribution in [0.4, 0.5) is 0 Å². The van der Waals surface area contributed by atoms with Crippen LogP contribution in [-0.2, 0) is 0 Å². The van der Waals surface area contributed by atoms with Crippen LogP contribution in [0.2, 0.25) is 0 Å². The number of carbonyl (C=O) groups excluding carboxylic acids is 1. The Bertz CT molecular complexity index is 719. The Balaban J connectivity index is 1.81. The molecule has 1 atom stereocenters. The SMILES string of the molecule is Cc1ccccc1-n1ncc(C(=O)N(C)CC(O)C2CC2)c1C. The topological polar surface area (TPSA) is 58.4 Å². The Morgan fingerprint density at radius 2 is 2.09 bits per heavy atom. The predicted octanol–water partition coefficient (Wildman–Crippen LogP) is 2.33. The minimum atomic E-state index is -0.421. The van der Waals surface area contributed by atoms with E-state index in [0.29, 0.717) is 18.0 Å². The van der Waals surface area contributed by atoms with Crippen molar-refractivity contribution in [3.63, 3.8) is 0 Å². The maximum absolute atomic E-state index is 12.6. The third kappa shape index (κ3) is 3.15. The number of amides is 1. The molecule has 23 heavy (non-hydrogen) atoms. The highest BCUT2D eigenvalue weighted by Crippen LogP contribution is 2.32. The van der Waals surface area contributed by atoms with Gasteiger partial charge >= 0.3 is 0 Å². The van der Waals surface area contributed by atoms with E-state index in [1.807, 2.05) is 38.1 Å². The second-order valence-corrected chi connectivity index (χ2v) is 6.43. The van der Waals surface area contributed by atoms with Crippen molar-refractivity contribution in [1.29, 1.82) is 0 Å². The molecular formula is C18H23N3O2. The number of aliphatic hydroxyl groups is 1. The van der Waals surface area contributed by atoms with E-state index in [1.165, 1.54) is 0 Å². The van der Waals surface area contributed by atoms with Gasteiger partial charge in [-0.05, 0) is 44.2 Å². The first-order chi connectivity index (χ1) is 11.0. The largest absolute Gasteiger partial charge is 0.391 e. The first-order valence-corrected chi connectivity index (χ1v) is 8.03. The highest BCUT2D eigenvalue weighted by molar-refractivity contribution is 5.95. The molecule has 1 N–H and O–H groups in total. The van der Waals surface area contributed by atoms with Crippen molar-refractivity contribution in [2.24, 2.45) is 5.92 Å². The van der Waals surface area contributed by atoms with Gasteiger partial charge in [0.2, 0.25) is 0 Å². The minimum absolute atomic E-state index is 0.0953. The lowest BCUT2D eigenvalue weighted by Gasteiger charge is -2.20. The first-order valence-electron chi connectivity index (χ1n) is 8.03. The maximum atomic E-state index is 12.6. The Kier molecular flexibility index (Phi) is 4.22. The van der Waals surface area contributed by atoms with Gasteiger partial charge in [-0.1, -0.05) is 18.2 Å². The number of para-hydroxylation sites is 1. The summed E-state index contributed by atoms with van der Waals surface area (Å²) < 4.78 is 1.80. The van der Waals surface area contributed by atoms with Gasteiger partial charge in [-0.25, -0.2) is 4.68 Å². The molecule has 0 spiro atoms. The van der Waals surface area contributed by atoms with Gasteiger partial charge in [-0.15, -0.1) is 0 Å². The Labute approximate surface area is 136 Å². The standard InChI is InChI=1S/C18H23N3O2/c1-12-6-4-5-7-16(12)21-13(2)15(10-19-21)18(23)20(3)11-17(22)14-8-9-14/h4-7,10,14,17,22H,8-9,11H2,1-3H3. The highest BCUT2D eigenvalue weighted by Gasteiger charge is 2.31. The number of hydrogen-bond donors (Lipinski definition) is 1. The van der Waals surface area contributed by atoms with Crippen LogP contribution in [0.1, 0.15) is 34.5 Å². The van der Waals surface area contributed by atoms with Crippen LogP contribution in [0.15, 0.2) is 30.5 Å². The second kappa shape index (κ2) is 6.16. The number of aromatic nitrogens is 2. The Morgan fingerprint density at radius 1 is 1.39 bits per heavy atom. The second-order valence-electron chi connectivity index (χ2n) is 6.43. The van der Waals surface area contributed by atoms with E-state index in [4.69, 9.17) is 0 Å². The summed E-state index contributed by atoms with van der Waals surface area (Å²) in [5, 5.41) is 14.4. The van der Waals surface area contributed by atoms with Crippen LogP contribution in [0.5, 0.6) is 0 Å². The normalized spacial score (nSPS) is 15.5. The van der Waals surface area contributed by atoms with E-state index in [0.717, 1.165) is 29.8 Å². The van der Waals surface area contributed by atoms with Gasteiger partial charge in [-0.3, -0.25) is 4.79 Å². The van der Waals surface area contributed by atoms with E-state index < -0.39 is 6.10 Å². The number of benzene rings is 1. The summed E-state index contributed by atoms with van der Waals surface area (Å²) >= 11 is 0. The molecular weight excluding hydrogens is 290 g/mol. The van der Waals surface area contributed by atoms with Gasteiger partial charge < -0.3 is 10.0 Å². The van der Waals surface area contributed by atoms with E-state index in [2.05, 4.69) is 5.10 Å². The van der Waals surface area contributed by atoms with E-state index in [-0.39, 0.29) is 5.91 Å². The van der Waals surface area contributed by atoms with Crippen LogP contribution in [0, 0.1) is 19.8 Å². The number of likely N-dealkylation sites (N-methyl/N-ethyl adjacent to an activating group) is 1. The zero-order chi connectivity index (χ0) is 16.6. The molecule has 1 amide bonds. The quantitative estimate of drug-likeness (QED) is 0.921. The van der Waals surface area contributed by atoms with E-state index in [9.17, 15) is 9.90 Å². The number of rotatable bonds is 5. The summed E-state index contributed by atoms with van der Waals surface area (Å²) in [4.78, 5) is 14.2. The number of carbonyl (C=O) groups is 1. The molecule has 1 aromatic carbocycles. The van der Waals surface area contributed by atoms with Crippen LogP contribution < -0.4 is 0 Å². The molecule has 1 saturated carbocycles. The van der Waals surface area contributed by atoms with Crippen molar-refractivity contribution in [1.82, 2.24) is 14.7 Å². The molecule has 1 heterocycles. The van der Waals surface area contributed by atoms with E-state index >= 15 is 0 Å². The van der Waals surface area contributed by atoms with Crippen molar-refractivity contribution in [2.75, 3.05) is 13.6 Å². The van der Waals surface area contributed by atoms with Gasteiger partial charge in [0.05, 0.1) is 29.2 Å². The lowest BCUT2D eigenvalue weighted by atomic mass is 10.1. The van der Waals surface area contributed by atoms with Crippen molar-refractivity contribution >= 4 is 5.91 Å². The molecule has 0 saturated heterocycles. The van der Waals surface area contributed by atoms with Crippen LogP contribution >= 0.6 is 0 Å². The Hall–Kier alpha value is -2.14. The molecule has 122 valence electrons. The van der Waals surface area contributed by atoms with Crippen LogP contribution in [-0.4, -0.2) is 45.4 Å². The van der Waals surface area contributed by atoms with Gasteiger partial charge in [0.1, 0.15) is 0 Å². The fraction of sp³-hybridized carbons (Fsp3) is 0.444. The van der Waals surface area contributed by atoms with Gasteiger partial charge in [0.25, 0.3) is 5.91 Å². The summed E-state index contributed by atoms with van der Waals surface area (Å²) in [6.45, 7) is 4.30. The molecule has 1 unspecified atom stereocenters. The highest BCUT2D eigenvalue weighted by atomic mass is 16.3. The summed E-state index contributed by atoms with van der Waals surface area (Å²) in [6, 6.07) is 7.96.